The highest BCUT2D eigenvalue weighted by molar-refractivity contribution is 7.86. The molecule has 7 heteroatoms. The molecule has 50 heavy (non-hydrogen) atoms. The van der Waals surface area contributed by atoms with Gasteiger partial charge in [-0.05, 0) is 93.7 Å². The molecule has 0 aliphatic carbocycles. The summed E-state index contributed by atoms with van der Waals surface area (Å²) in [5, 5.41) is 4.40. The van der Waals surface area contributed by atoms with Gasteiger partial charge in [0.2, 0.25) is 0 Å². The van der Waals surface area contributed by atoms with Crippen LogP contribution in [0.3, 0.4) is 0 Å². The molecule has 1 aliphatic rings. The van der Waals surface area contributed by atoms with Crippen LogP contribution in [-0.2, 0) is 4.57 Å². The van der Waals surface area contributed by atoms with Crippen LogP contribution in [0.25, 0.3) is 67.2 Å². The quantitative estimate of drug-likeness (QED) is 0.171. The zero-order valence-electron chi connectivity index (χ0n) is 26.5. The van der Waals surface area contributed by atoms with E-state index in [2.05, 4.69) is 30.3 Å². The molecule has 0 saturated carbocycles. The lowest BCUT2D eigenvalue weighted by atomic mass is 9.93. The van der Waals surface area contributed by atoms with Crippen molar-refractivity contribution < 1.29 is 13.3 Å². The second-order valence-electron chi connectivity index (χ2n) is 12.2. The van der Waals surface area contributed by atoms with E-state index in [1.54, 1.807) is 24.3 Å². The van der Waals surface area contributed by atoms with Gasteiger partial charge in [-0.2, -0.15) is 0 Å². The first kappa shape index (κ1) is 30.0. The van der Waals surface area contributed by atoms with Gasteiger partial charge in [-0.15, -0.1) is 0 Å². The van der Waals surface area contributed by atoms with Crippen LogP contribution in [0, 0.1) is 11.6 Å². The predicted octanol–water partition coefficient (Wildman–Crippen LogP) is 9.59. The molecule has 238 valence electrons. The van der Waals surface area contributed by atoms with Gasteiger partial charge in [0.1, 0.15) is 11.6 Å². The van der Waals surface area contributed by atoms with E-state index < -0.39 is 7.14 Å². The van der Waals surface area contributed by atoms with Crippen LogP contribution in [0.4, 0.5) is 8.78 Å². The molecule has 1 aromatic heterocycles. The average Bonchev–Trinajstić information content (AvgIpc) is 3.43. The van der Waals surface area contributed by atoms with Crippen LogP contribution >= 0.6 is 7.14 Å². The largest absolute Gasteiger partial charge is 0.309 e. The second-order valence-corrected chi connectivity index (χ2v) is 14.9. The predicted molar refractivity (Wildman–Crippen MR) is 197 cm³/mol. The van der Waals surface area contributed by atoms with Crippen LogP contribution in [0.5, 0.6) is 0 Å². The Morgan fingerprint density at radius 1 is 0.400 bits per heavy atom. The Morgan fingerprint density at radius 2 is 0.880 bits per heavy atom. The van der Waals surface area contributed by atoms with Gasteiger partial charge in [0.15, 0.2) is 24.6 Å². The molecule has 8 aromatic rings. The fourth-order valence-corrected chi connectivity index (χ4v) is 10.0. The lowest BCUT2D eigenvalue weighted by Gasteiger charge is -2.17. The number of rotatable bonds is 5. The van der Waals surface area contributed by atoms with Gasteiger partial charge in [0.25, 0.3) is 0 Å². The SMILES string of the molecule is O=P1(c2ccccc2)c2ccccc2-c2ccc(-c3ccc(-c4nc(-c5ccc(F)cc5)nc(-c5ccc(F)cc5)n4)c4ccccc34)cc21. The molecule has 1 aliphatic heterocycles. The zero-order chi connectivity index (χ0) is 33.8. The summed E-state index contributed by atoms with van der Waals surface area (Å²) < 4.78 is 42.9. The van der Waals surface area contributed by atoms with E-state index in [1.165, 1.54) is 24.3 Å². The molecule has 0 N–H and O–H groups in total. The summed E-state index contributed by atoms with van der Waals surface area (Å²) in [6.07, 6.45) is 0. The minimum absolute atomic E-state index is 0.362. The van der Waals surface area contributed by atoms with Crippen molar-refractivity contribution in [1.82, 2.24) is 15.0 Å². The summed E-state index contributed by atoms with van der Waals surface area (Å²) in [7, 11) is -3.12. The smallest absolute Gasteiger partial charge is 0.172 e. The van der Waals surface area contributed by atoms with Crippen molar-refractivity contribution in [2.45, 2.75) is 0 Å². The number of fused-ring (bicyclic) bond motifs is 4. The highest BCUT2D eigenvalue weighted by Crippen LogP contribution is 2.53. The normalized spacial score (nSPS) is 14.8. The molecule has 1 unspecified atom stereocenters. The molecule has 1 atom stereocenters. The topological polar surface area (TPSA) is 55.7 Å². The second kappa shape index (κ2) is 11.8. The molecule has 4 nitrogen and oxygen atoms in total. The number of hydrogen-bond acceptors (Lipinski definition) is 4. The number of hydrogen-bond donors (Lipinski definition) is 0. The highest BCUT2D eigenvalue weighted by Gasteiger charge is 2.40. The molecule has 0 radical (unpaired) electrons. The highest BCUT2D eigenvalue weighted by atomic mass is 31.2. The standard InChI is InChI=1S/C43H26F2N3OP/c44-30-19-14-27(15-20-30)41-46-42(28-16-21-31(45)22-17-28)48-43(47-41)38-25-24-33(34-10-4-5-11-35(34)38)29-18-23-37-36-12-6-7-13-39(36)50(49,40(37)26-29)32-8-2-1-3-9-32/h1-26H. The Bertz CT molecular complexity index is 2580. The Labute approximate surface area is 287 Å². The van der Waals surface area contributed by atoms with E-state index in [4.69, 9.17) is 15.0 Å². The fraction of sp³-hybridized carbons (Fsp3) is 0. The zero-order valence-corrected chi connectivity index (χ0v) is 27.4. The number of nitrogens with zero attached hydrogens (tertiary/aromatic N) is 3. The van der Waals surface area contributed by atoms with E-state index in [9.17, 15) is 8.78 Å². The lowest BCUT2D eigenvalue weighted by Crippen LogP contribution is -2.20. The first-order chi connectivity index (χ1) is 24.5. The number of aromatic nitrogens is 3. The summed E-state index contributed by atoms with van der Waals surface area (Å²) in [4.78, 5) is 14.4. The van der Waals surface area contributed by atoms with Crippen LogP contribution in [-0.4, -0.2) is 15.0 Å². The van der Waals surface area contributed by atoms with Gasteiger partial charge >= 0.3 is 0 Å². The van der Waals surface area contributed by atoms with E-state index in [0.29, 0.717) is 28.6 Å². The third kappa shape index (κ3) is 4.88. The van der Waals surface area contributed by atoms with Crippen molar-refractivity contribution in [3.63, 3.8) is 0 Å². The van der Waals surface area contributed by atoms with Crippen molar-refractivity contribution in [2.24, 2.45) is 0 Å². The Balaban J connectivity index is 1.22. The number of benzene rings is 7. The van der Waals surface area contributed by atoms with Crippen molar-refractivity contribution in [2.75, 3.05) is 0 Å². The van der Waals surface area contributed by atoms with Crippen molar-refractivity contribution in [3.05, 3.63) is 169 Å². The first-order valence-corrected chi connectivity index (χ1v) is 17.9. The van der Waals surface area contributed by atoms with Gasteiger partial charge in [-0.25, -0.2) is 23.7 Å². The lowest BCUT2D eigenvalue weighted by molar-refractivity contribution is 0.593. The summed E-state index contributed by atoms with van der Waals surface area (Å²) in [5.74, 6) is 0.451. The van der Waals surface area contributed by atoms with Gasteiger partial charge in [-0.3, -0.25) is 0 Å². The molecular weight excluding hydrogens is 643 g/mol. The van der Waals surface area contributed by atoms with Gasteiger partial charge in [0, 0.05) is 32.6 Å². The van der Waals surface area contributed by atoms with Gasteiger partial charge in [0.05, 0.1) is 0 Å². The van der Waals surface area contributed by atoms with Crippen molar-refractivity contribution in [3.8, 4) is 56.4 Å². The van der Waals surface area contributed by atoms with E-state index in [0.717, 1.165) is 54.5 Å². The van der Waals surface area contributed by atoms with E-state index >= 15 is 4.57 Å². The third-order valence-corrected chi connectivity index (χ3v) is 12.4. The molecule has 0 bridgehead atoms. The molecule has 0 saturated heterocycles. The Morgan fingerprint density at radius 3 is 1.54 bits per heavy atom. The molecule has 2 heterocycles. The molecule has 0 spiro atoms. The Kier molecular flexibility index (Phi) is 7.08. The summed E-state index contributed by atoms with van der Waals surface area (Å²) in [6.45, 7) is 0. The summed E-state index contributed by atoms with van der Waals surface area (Å²) in [6, 6.07) is 48.1. The van der Waals surface area contributed by atoms with Crippen LogP contribution in [0.15, 0.2) is 158 Å². The molecule has 7 aromatic carbocycles. The summed E-state index contributed by atoms with van der Waals surface area (Å²) in [5.41, 5.74) is 5.96. The maximum absolute atomic E-state index is 15.2. The van der Waals surface area contributed by atoms with Crippen LogP contribution < -0.4 is 15.9 Å². The number of halogens is 2. The van der Waals surface area contributed by atoms with Gasteiger partial charge < -0.3 is 4.57 Å². The summed E-state index contributed by atoms with van der Waals surface area (Å²) >= 11 is 0. The Hall–Kier alpha value is -6.10. The van der Waals surface area contributed by atoms with E-state index in [-0.39, 0.29) is 11.6 Å². The fourth-order valence-electron chi connectivity index (χ4n) is 6.91. The maximum atomic E-state index is 15.2. The molecule has 0 fully saturated rings. The van der Waals surface area contributed by atoms with Crippen LogP contribution in [0.1, 0.15) is 0 Å². The molecule has 9 rings (SSSR count). The minimum Gasteiger partial charge on any atom is -0.309 e. The van der Waals surface area contributed by atoms with Crippen molar-refractivity contribution in [1.29, 1.82) is 0 Å². The van der Waals surface area contributed by atoms with Crippen molar-refractivity contribution >= 4 is 33.8 Å². The van der Waals surface area contributed by atoms with Gasteiger partial charge in [-0.1, -0.05) is 97.1 Å². The average molecular weight is 670 g/mol. The maximum Gasteiger partial charge on any atom is 0.172 e. The first-order valence-electron chi connectivity index (χ1n) is 16.2. The van der Waals surface area contributed by atoms with E-state index in [1.807, 2.05) is 78.9 Å². The monoisotopic (exact) mass is 669 g/mol. The molecule has 0 amide bonds. The molecular formula is C43H26F2N3OP. The minimum atomic E-state index is -3.12. The third-order valence-electron chi connectivity index (χ3n) is 9.31. The van der Waals surface area contributed by atoms with Crippen LogP contribution in [0.2, 0.25) is 0 Å².